The Kier molecular flexibility index (Phi) is 7.60. The fourth-order valence-corrected chi connectivity index (χ4v) is 3.58. The highest BCUT2D eigenvalue weighted by molar-refractivity contribution is 7.98. The van der Waals surface area contributed by atoms with Gasteiger partial charge >= 0.3 is 0 Å². The minimum absolute atomic E-state index is 0.696. The normalized spacial score (nSPS) is 10.5. The van der Waals surface area contributed by atoms with Gasteiger partial charge in [-0.05, 0) is 79.5 Å². The molecule has 0 radical (unpaired) electrons. The molecular weight excluding hydrogens is 332 g/mol. The highest BCUT2D eigenvalue weighted by atomic mass is 32.2. The van der Waals surface area contributed by atoms with Gasteiger partial charge in [0.05, 0.1) is 0 Å². The lowest BCUT2D eigenvalue weighted by Gasteiger charge is -2.12. The Labute approximate surface area is 155 Å². The van der Waals surface area contributed by atoms with Gasteiger partial charge in [0.1, 0.15) is 0 Å². The molecule has 0 aromatic heterocycles. The summed E-state index contributed by atoms with van der Waals surface area (Å²) in [7, 11) is 0. The van der Waals surface area contributed by atoms with Crippen LogP contribution in [0, 0.1) is 20.8 Å². The molecule has 0 saturated heterocycles. The van der Waals surface area contributed by atoms with Crippen molar-refractivity contribution < 1.29 is 0 Å². The molecule has 0 saturated carbocycles. The Hall–Kier alpha value is -1.52. The Balaban J connectivity index is 1.61. The number of thioether (sulfide) groups is 1. The lowest BCUT2D eigenvalue weighted by atomic mass is 10.1. The molecule has 2 aromatic carbocycles. The number of nitrogens with one attached hydrogen (secondary N) is 2. The molecule has 2 rings (SSSR count). The van der Waals surface area contributed by atoms with Gasteiger partial charge in [-0.3, -0.25) is 0 Å². The van der Waals surface area contributed by atoms with Crippen LogP contribution in [-0.4, -0.2) is 17.4 Å². The van der Waals surface area contributed by atoms with Crippen LogP contribution in [0.3, 0.4) is 0 Å². The molecule has 0 heterocycles. The number of thiocarbonyl (C=S) groups is 1. The Bertz CT molecular complexity index is 683. The van der Waals surface area contributed by atoms with Crippen LogP contribution in [0.5, 0.6) is 0 Å². The van der Waals surface area contributed by atoms with Gasteiger partial charge < -0.3 is 10.6 Å². The van der Waals surface area contributed by atoms with Crippen LogP contribution in [0.2, 0.25) is 0 Å². The molecule has 4 heteroatoms. The molecule has 0 aliphatic carbocycles. The molecule has 2 nitrogen and oxygen atoms in total. The van der Waals surface area contributed by atoms with Crippen molar-refractivity contribution in [1.82, 2.24) is 5.32 Å². The zero-order valence-corrected chi connectivity index (χ0v) is 16.3. The molecule has 0 spiro atoms. The van der Waals surface area contributed by atoms with Crippen molar-refractivity contribution in [2.45, 2.75) is 32.9 Å². The fourth-order valence-electron chi connectivity index (χ4n) is 2.32. The van der Waals surface area contributed by atoms with E-state index >= 15 is 0 Å². The van der Waals surface area contributed by atoms with E-state index in [0.717, 1.165) is 30.2 Å². The van der Waals surface area contributed by atoms with Crippen molar-refractivity contribution in [1.29, 1.82) is 0 Å². The first-order chi connectivity index (χ1) is 11.6. The van der Waals surface area contributed by atoms with Crippen LogP contribution in [0.1, 0.15) is 28.7 Å². The van der Waals surface area contributed by atoms with E-state index in [-0.39, 0.29) is 0 Å². The molecule has 128 valence electrons. The van der Waals surface area contributed by atoms with E-state index in [4.69, 9.17) is 12.2 Å². The number of rotatable bonds is 7. The summed E-state index contributed by atoms with van der Waals surface area (Å²) in [5.41, 5.74) is 6.43. The molecule has 2 N–H and O–H groups in total. The first kappa shape index (κ1) is 18.8. The van der Waals surface area contributed by atoms with Crippen LogP contribution in [0.4, 0.5) is 5.69 Å². The topological polar surface area (TPSA) is 24.1 Å². The van der Waals surface area contributed by atoms with Gasteiger partial charge in [0.25, 0.3) is 0 Å². The van der Waals surface area contributed by atoms with Gasteiger partial charge in [-0.2, -0.15) is 11.8 Å². The molecule has 2 aromatic rings. The van der Waals surface area contributed by atoms with E-state index < -0.39 is 0 Å². The van der Waals surface area contributed by atoms with Crippen molar-refractivity contribution in [2.24, 2.45) is 0 Å². The third-order valence-electron chi connectivity index (χ3n) is 4.03. The second-order valence-electron chi connectivity index (χ2n) is 6.01. The van der Waals surface area contributed by atoms with Gasteiger partial charge in [-0.15, -0.1) is 0 Å². The largest absolute Gasteiger partial charge is 0.362 e. The Morgan fingerprint density at radius 2 is 1.79 bits per heavy atom. The summed E-state index contributed by atoms with van der Waals surface area (Å²) in [6, 6.07) is 14.9. The van der Waals surface area contributed by atoms with E-state index in [1.807, 2.05) is 11.8 Å². The van der Waals surface area contributed by atoms with Crippen LogP contribution < -0.4 is 10.6 Å². The zero-order chi connectivity index (χ0) is 17.4. The maximum absolute atomic E-state index is 5.35. The summed E-state index contributed by atoms with van der Waals surface area (Å²) in [6.07, 6.45) is 1.10. The Morgan fingerprint density at radius 1 is 1.00 bits per heavy atom. The van der Waals surface area contributed by atoms with Crippen LogP contribution in [-0.2, 0) is 5.75 Å². The first-order valence-electron chi connectivity index (χ1n) is 8.30. The average molecular weight is 359 g/mol. The molecule has 0 amide bonds. The maximum atomic E-state index is 5.35. The highest BCUT2D eigenvalue weighted by Crippen LogP contribution is 2.16. The molecule has 0 aliphatic rings. The number of anilines is 1. The van der Waals surface area contributed by atoms with Gasteiger partial charge in [0.15, 0.2) is 5.11 Å². The van der Waals surface area contributed by atoms with E-state index in [9.17, 15) is 0 Å². The van der Waals surface area contributed by atoms with Crippen molar-refractivity contribution in [3.8, 4) is 0 Å². The minimum Gasteiger partial charge on any atom is -0.362 e. The van der Waals surface area contributed by atoms with Gasteiger partial charge in [-0.25, -0.2) is 0 Å². The van der Waals surface area contributed by atoms with Crippen molar-refractivity contribution in [2.75, 3.05) is 17.6 Å². The number of hydrogen-bond acceptors (Lipinski definition) is 2. The van der Waals surface area contributed by atoms with E-state index in [0.29, 0.717) is 5.11 Å². The standard InChI is InChI=1S/C20H26N2S2/c1-15-9-10-19(13-17(15)3)22-20(23)21-11-6-12-24-14-18-8-5-4-7-16(18)2/h4-5,7-10,13H,6,11-12,14H2,1-3H3,(H2,21,22,23). The fraction of sp³-hybridized carbons (Fsp3) is 0.350. The molecule has 0 bridgehead atoms. The molecule has 0 unspecified atom stereocenters. The summed E-state index contributed by atoms with van der Waals surface area (Å²) < 4.78 is 0. The average Bonchev–Trinajstić information content (AvgIpc) is 2.56. The summed E-state index contributed by atoms with van der Waals surface area (Å²) in [6.45, 7) is 7.30. The highest BCUT2D eigenvalue weighted by Gasteiger charge is 2.00. The second-order valence-corrected chi connectivity index (χ2v) is 7.53. The van der Waals surface area contributed by atoms with Gasteiger partial charge in [-0.1, -0.05) is 30.3 Å². The zero-order valence-electron chi connectivity index (χ0n) is 14.7. The first-order valence-corrected chi connectivity index (χ1v) is 9.87. The van der Waals surface area contributed by atoms with Crippen LogP contribution >= 0.6 is 24.0 Å². The summed E-state index contributed by atoms with van der Waals surface area (Å²) in [4.78, 5) is 0. The van der Waals surface area contributed by atoms with Crippen molar-refractivity contribution in [3.05, 3.63) is 64.7 Å². The molecule has 24 heavy (non-hydrogen) atoms. The van der Waals surface area contributed by atoms with E-state index in [1.165, 1.54) is 22.3 Å². The molecular formula is C20H26N2S2. The smallest absolute Gasteiger partial charge is 0.170 e. The third kappa shape index (κ3) is 6.17. The molecule has 0 atom stereocenters. The summed E-state index contributed by atoms with van der Waals surface area (Å²) in [5.74, 6) is 2.21. The summed E-state index contributed by atoms with van der Waals surface area (Å²) in [5, 5.41) is 7.23. The predicted molar refractivity (Wildman–Crippen MR) is 112 cm³/mol. The van der Waals surface area contributed by atoms with Gasteiger partial charge in [0.2, 0.25) is 0 Å². The third-order valence-corrected chi connectivity index (χ3v) is 5.37. The molecule has 0 aliphatic heterocycles. The minimum atomic E-state index is 0.696. The molecule has 0 fully saturated rings. The van der Waals surface area contributed by atoms with Crippen molar-refractivity contribution >= 4 is 34.8 Å². The van der Waals surface area contributed by atoms with Crippen LogP contribution in [0.15, 0.2) is 42.5 Å². The monoisotopic (exact) mass is 358 g/mol. The Morgan fingerprint density at radius 3 is 2.54 bits per heavy atom. The maximum Gasteiger partial charge on any atom is 0.170 e. The quantitative estimate of drug-likeness (QED) is 0.523. The lowest BCUT2D eigenvalue weighted by molar-refractivity contribution is 0.854. The van der Waals surface area contributed by atoms with Gasteiger partial charge in [0, 0.05) is 18.0 Å². The number of hydrogen-bond donors (Lipinski definition) is 2. The lowest BCUT2D eigenvalue weighted by Crippen LogP contribution is -2.29. The summed E-state index contributed by atoms with van der Waals surface area (Å²) >= 11 is 7.33. The second kappa shape index (κ2) is 9.70. The van der Waals surface area contributed by atoms with E-state index in [1.54, 1.807) is 0 Å². The number of benzene rings is 2. The van der Waals surface area contributed by atoms with Crippen molar-refractivity contribution in [3.63, 3.8) is 0 Å². The number of aryl methyl sites for hydroxylation is 3. The predicted octanol–water partition coefficient (Wildman–Crippen LogP) is 5.22. The SMILES string of the molecule is Cc1ccc(NC(=S)NCCCSCc2ccccc2C)cc1C. The van der Waals surface area contributed by atoms with E-state index in [2.05, 4.69) is 73.9 Å². The van der Waals surface area contributed by atoms with Crippen LogP contribution in [0.25, 0.3) is 0 Å².